The number of esters is 2. The lowest BCUT2D eigenvalue weighted by Gasteiger charge is -2.05. The van der Waals surface area contributed by atoms with Gasteiger partial charge in [0.25, 0.3) is 0 Å². The molecule has 0 atom stereocenters. The Bertz CT molecular complexity index is 536. The molecule has 0 heterocycles. The van der Waals surface area contributed by atoms with Crippen molar-refractivity contribution in [1.29, 1.82) is 0 Å². The molecule has 21 heavy (non-hydrogen) atoms. The molecule has 0 spiro atoms. The largest absolute Gasteiger partial charge is 0.465 e. The van der Waals surface area contributed by atoms with E-state index in [-0.39, 0.29) is 17.9 Å². The number of carbonyl (C=O) groups is 3. The Morgan fingerprint density at radius 3 is 2.38 bits per heavy atom. The van der Waals surface area contributed by atoms with Crippen molar-refractivity contribution >= 4 is 29.5 Å². The van der Waals surface area contributed by atoms with Gasteiger partial charge in [0.2, 0.25) is 5.78 Å². The summed E-state index contributed by atoms with van der Waals surface area (Å²) in [6.07, 6.45) is 1.17. The summed E-state index contributed by atoms with van der Waals surface area (Å²) in [7, 11) is 1.26. The summed E-state index contributed by atoms with van der Waals surface area (Å²) < 4.78 is 9.27. The molecular formula is C15H16O5S. The van der Waals surface area contributed by atoms with Crippen molar-refractivity contribution in [2.24, 2.45) is 0 Å². The van der Waals surface area contributed by atoms with Gasteiger partial charge >= 0.3 is 11.9 Å². The van der Waals surface area contributed by atoms with Gasteiger partial charge in [0, 0.05) is 11.3 Å². The number of benzene rings is 1. The quantitative estimate of drug-likeness (QED) is 0.333. The minimum atomic E-state index is -0.900. The number of ketones is 1. The first-order chi connectivity index (χ1) is 10.1. The van der Waals surface area contributed by atoms with E-state index in [0.717, 1.165) is 4.90 Å². The summed E-state index contributed by atoms with van der Waals surface area (Å²) in [5, 5.41) is 0. The van der Waals surface area contributed by atoms with Gasteiger partial charge in [-0.25, -0.2) is 9.59 Å². The van der Waals surface area contributed by atoms with Crippen molar-refractivity contribution in [2.75, 3.05) is 13.7 Å². The van der Waals surface area contributed by atoms with Crippen molar-refractivity contribution in [1.82, 2.24) is 0 Å². The molecule has 1 aromatic rings. The SMILES string of the molecule is CCOC(=O)C(=O)CC=C(Sc1ccccc1)C(=O)OC. The van der Waals surface area contributed by atoms with E-state index in [4.69, 9.17) is 0 Å². The molecule has 6 heteroatoms. The van der Waals surface area contributed by atoms with Gasteiger partial charge in [-0.05, 0) is 19.1 Å². The molecule has 0 N–H and O–H groups in total. The van der Waals surface area contributed by atoms with Crippen LogP contribution in [-0.4, -0.2) is 31.4 Å². The molecule has 0 saturated heterocycles. The van der Waals surface area contributed by atoms with Crippen LogP contribution in [-0.2, 0) is 23.9 Å². The molecule has 0 saturated carbocycles. The van der Waals surface area contributed by atoms with Crippen LogP contribution >= 0.6 is 11.8 Å². The van der Waals surface area contributed by atoms with E-state index < -0.39 is 17.7 Å². The molecule has 1 aromatic carbocycles. The molecule has 0 aliphatic heterocycles. The summed E-state index contributed by atoms with van der Waals surface area (Å²) in [5.74, 6) is -2.16. The third kappa shape index (κ3) is 5.83. The zero-order chi connectivity index (χ0) is 15.7. The summed E-state index contributed by atoms with van der Waals surface area (Å²) in [4.78, 5) is 35.5. The van der Waals surface area contributed by atoms with Crippen molar-refractivity contribution < 1.29 is 23.9 Å². The van der Waals surface area contributed by atoms with E-state index in [1.807, 2.05) is 30.3 Å². The molecule has 0 radical (unpaired) electrons. The number of rotatable bonds is 7. The number of hydrogen-bond acceptors (Lipinski definition) is 6. The van der Waals surface area contributed by atoms with Crippen LogP contribution in [0.25, 0.3) is 0 Å². The van der Waals surface area contributed by atoms with Crippen LogP contribution in [0.3, 0.4) is 0 Å². The van der Waals surface area contributed by atoms with Gasteiger partial charge in [-0.1, -0.05) is 36.0 Å². The first-order valence-electron chi connectivity index (χ1n) is 6.29. The Hall–Kier alpha value is -2.08. The first-order valence-corrected chi connectivity index (χ1v) is 7.11. The summed E-state index contributed by atoms with van der Waals surface area (Å²) in [6, 6.07) is 9.18. The molecule has 112 valence electrons. The van der Waals surface area contributed by atoms with Crippen LogP contribution in [0, 0.1) is 0 Å². The Morgan fingerprint density at radius 2 is 1.81 bits per heavy atom. The van der Waals surface area contributed by atoms with Gasteiger partial charge in [-0.15, -0.1) is 0 Å². The maximum Gasteiger partial charge on any atom is 0.374 e. The Labute approximate surface area is 127 Å². The summed E-state index contributed by atoms with van der Waals surface area (Å²) >= 11 is 1.17. The van der Waals surface area contributed by atoms with Gasteiger partial charge in [0.1, 0.15) is 0 Å². The van der Waals surface area contributed by atoms with Crippen LogP contribution in [0.5, 0.6) is 0 Å². The molecular weight excluding hydrogens is 292 g/mol. The van der Waals surface area contributed by atoms with E-state index in [0.29, 0.717) is 0 Å². The average molecular weight is 308 g/mol. The fourth-order valence-corrected chi connectivity index (χ4v) is 2.24. The summed E-state index contributed by atoms with van der Waals surface area (Å²) in [5.41, 5.74) is 0. The second-order valence-corrected chi connectivity index (χ2v) is 4.94. The number of allylic oxidation sites excluding steroid dienone is 1. The topological polar surface area (TPSA) is 69.7 Å². The van der Waals surface area contributed by atoms with Crippen molar-refractivity contribution in [3.63, 3.8) is 0 Å². The number of carbonyl (C=O) groups excluding carboxylic acids is 3. The zero-order valence-electron chi connectivity index (χ0n) is 11.8. The fraction of sp³-hybridized carbons (Fsp3) is 0.267. The number of hydrogen-bond donors (Lipinski definition) is 0. The predicted octanol–water partition coefficient (Wildman–Crippen LogP) is 2.36. The molecule has 0 aliphatic rings. The van der Waals surface area contributed by atoms with Crippen LogP contribution in [0.1, 0.15) is 13.3 Å². The lowest BCUT2D eigenvalue weighted by Crippen LogP contribution is -2.16. The fourth-order valence-electron chi connectivity index (χ4n) is 1.36. The van der Waals surface area contributed by atoms with Gasteiger partial charge in [-0.2, -0.15) is 0 Å². The monoisotopic (exact) mass is 308 g/mol. The minimum absolute atomic E-state index is 0.136. The van der Waals surface area contributed by atoms with Gasteiger partial charge in [0.15, 0.2) is 0 Å². The third-order valence-electron chi connectivity index (χ3n) is 2.33. The highest BCUT2D eigenvalue weighted by Gasteiger charge is 2.16. The molecule has 0 amide bonds. The Balaban J connectivity index is 2.78. The molecule has 5 nitrogen and oxygen atoms in total. The highest BCUT2D eigenvalue weighted by Crippen LogP contribution is 2.27. The Morgan fingerprint density at radius 1 is 1.14 bits per heavy atom. The van der Waals surface area contributed by atoms with Gasteiger partial charge in [-0.3, -0.25) is 4.79 Å². The van der Waals surface area contributed by atoms with E-state index >= 15 is 0 Å². The van der Waals surface area contributed by atoms with Crippen LogP contribution < -0.4 is 0 Å². The highest BCUT2D eigenvalue weighted by molar-refractivity contribution is 8.04. The van der Waals surface area contributed by atoms with E-state index in [1.165, 1.54) is 24.9 Å². The van der Waals surface area contributed by atoms with Crippen molar-refractivity contribution in [3.8, 4) is 0 Å². The van der Waals surface area contributed by atoms with Crippen LogP contribution in [0.15, 0.2) is 46.2 Å². The van der Waals surface area contributed by atoms with Gasteiger partial charge in [0.05, 0.1) is 18.6 Å². The maximum atomic E-state index is 11.7. The molecule has 0 aliphatic carbocycles. The predicted molar refractivity (Wildman–Crippen MR) is 78.7 cm³/mol. The number of ether oxygens (including phenoxy) is 2. The standard InChI is InChI=1S/C15H16O5S/c1-3-20-14(17)12(16)9-10-13(15(18)19-2)21-11-7-5-4-6-8-11/h4-8,10H,3,9H2,1-2H3. The second kappa shape index (κ2) is 8.97. The summed E-state index contributed by atoms with van der Waals surface area (Å²) in [6.45, 7) is 1.75. The second-order valence-electron chi connectivity index (χ2n) is 3.82. The normalized spacial score (nSPS) is 10.9. The van der Waals surface area contributed by atoms with Crippen LogP contribution in [0.2, 0.25) is 0 Å². The van der Waals surface area contributed by atoms with Crippen molar-refractivity contribution in [2.45, 2.75) is 18.2 Å². The third-order valence-corrected chi connectivity index (χ3v) is 3.39. The highest BCUT2D eigenvalue weighted by atomic mass is 32.2. The Kier molecular flexibility index (Phi) is 7.25. The maximum absolute atomic E-state index is 11.7. The number of thioether (sulfide) groups is 1. The van der Waals surface area contributed by atoms with Crippen LogP contribution in [0.4, 0.5) is 0 Å². The van der Waals surface area contributed by atoms with Gasteiger partial charge < -0.3 is 9.47 Å². The average Bonchev–Trinajstić information content (AvgIpc) is 2.51. The molecule has 1 rings (SSSR count). The minimum Gasteiger partial charge on any atom is -0.465 e. The lowest BCUT2D eigenvalue weighted by atomic mass is 10.2. The smallest absolute Gasteiger partial charge is 0.374 e. The molecule has 0 aromatic heterocycles. The lowest BCUT2D eigenvalue weighted by molar-refractivity contribution is -0.153. The van der Waals surface area contributed by atoms with E-state index in [9.17, 15) is 14.4 Å². The van der Waals surface area contributed by atoms with E-state index in [2.05, 4.69) is 9.47 Å². The number of methoxy groups -OCH3 is 1. The first kappa shape index (κ1) is 17.0. The molecule has 0 unspecified atom stereocenters. The van der Waals surface area contributed by atoms with Crippen molar-refractivity contribution in [3.05, 3.63) is 41.3 Å². The zero-order valence-corrected chi connectivity index (χ0v) is 12.6. The molecule has 0 bridgehead atoms. The number of Topliss-reactive ketones (excluding diaryl/α,β-unsaturated/α-hetero) is 1. The van der Waals surface area contributed by atoms with E-state index in [1.54, 1.807) is 6.92 Å². The molecule has 0 fully saturated rings.